The summed E-state index contributed by atoms with van der Waals surface area (Å²) in [6, 6.07) is 9.64. The van der Waals surface area contributed by atoms with E-state index in [0.29, 0.717) is 36.9 Å². The summed E-state index contributed by atoms with van der Waals surface area (Å²) in [6.45, 7) is 2.97. The molecule has 5 N–H and O–H groups in total. The van der Waals surface area contributed by atoms with Crippen LogP contribution in [0.15, 0.2) is 35.9 Å². The van der Waals surface area contributed by atoms with Gasteiger partial charge in [-0.25, -0.2) is 4.57 Å². The molecule has 2 bridgehead atoms. The molecular weight excluding hydrogens is 407 g/mol. The van der Waals surface area contributed by atoms with Crippen LogP contribution in [-0.2, 0) is 19.5 Å². The zero-order valence-electron chi connectivity index (χ0n) is 16.5. The first-order chi connectivity index (χ1) is 13.7. The second-order valence-corrected chi connectivity index (χ2v) is 9.02. The number of hydrogen-bond donors (Lipinski definition) is 1. The number of hydrogen-bond acceptors (Lipinski definition) is 4. The first-order valence-corrected chi connectivity index (χ1v) is 10.9. The number of para-hydroxylation sites is 1. The topological polar surface area (TPSA) is 133 Å². The number of piperidine rings is 2. The number of rotatable bonds is 0. The van der Waals surface area contributed by atoms with Crippen LogP contribution in [0.2, 0.25) is 0 Å². The van der Waals surface area contributed by atoms with Gasteiger partial charge in [-0.05, 0) is 36.9 Å². The van der Waals surface area contributed by atoms with E-state index in [0.717, 1.165) is 6.54 Å². The highest BCUT2D eigenvalue weighted by atomic mass is 31.1. The smallest absolute Gasteiger partial charge is 0.324 e. The van der Waals surface area contributed by atoms with Gasteiger partial charge in [0.15, 0.2) is 0 Å². The number of nitrogens with zero attached hydrogens (tertiary/aromatic N) is 2. The molecule has 3 saturated heterocycles. The largest absolute Gasteiger partial charge is 0.412 e. The molecule has 0 aromatic heterocycles. The van der Waals surface area contributed by atoms with Crippen LogP contribution in [0, 0.1) is 11.8 Å². The van der Waals surface area contributed by atoms with Crippen LogP contribution in [0.4, 0.5) is 5.69 Å². The Morgan fingerprint density at radius 2 is 2.00 bits per heavy atom. The lowest BCUT2D eigenvalue weighted by molar-refractivity contribution is -0.132. The molecule has 162 valence electrons. The van der Waals surface area contributed by atoms with Gasteiger partial charge in [-0.2, -0.15) is 0 Å². The number of benzene rings is 1. The highest BCUT2D eigenvalue weighted by Gasteiger charge is 2.70. The van der Waals surface area contributed by atoms with Crippen molar-refractivity contribution in [3.05, 3.63) is 41.5 Å². The van der Waals surface area contributed by atoms with Crippen molar-refractivity contribution >= 4 is 20.3 Å². The fraction of sp³-hybridized carbons (Fsp3) is 0.571. The summed E-state index contributed by atoms with van der Waals surface area (Å²) in [5.41, 5.74) is 4.35. The minimum absolute atomic E-state index is 0. The summed E-state index contributed by atoms with van der Waals surface area (Å²) in [6.07, 6.45) is 5.43. The lowest BCUT2D eigenvalue weighted by Crippen LogP contribution is -2.69. The Balaban J connectivity index is 0.000000414. The molecule has 30 heavy (non-hydrogen) atoms. The van der Waals surface area contributed by atoms with Crippen molar-refractivity contribution in [3.8, 4) is 0 Å². The number of anilines is 1. The van der Waals surface area contributed by atoms with Crippen molar-refractivity contribution < 1.29 is 29.9 Å². The molecule has 0 radical (unpaired) electrons. The maximum absolute atomic E-state index is 13.2. The quantitative estimate of drug-likeness (QED) is 0.472. The number of ether oxygens (including phenoxy) is 1. The first-order valence-electron chi connectivity index (χ1n) is 10.1. The number of carbonyl (C=O) groups is 1. The van der Waals surface area contributed by atoms with Crippen LogP contribution in [0.1, 0.15) is 24.8 Å². The number of amides is 1. The summed E-state index contributed by atoms with van der Waals surface area (Å²) in [7, 11) is -0.833. The van der Waals surface area contributed by atoms with Gasteiger partial charge >= 0.3 is 8.69 Å². The van der Waals surface area contributed by atoms with Crippen LogP contribution in [0.5, 0.6) is 0 Å². The average Bonchev–Trinajstić information content (AvgIpc) is 3.17. The third kappa shape index (κ3) is 2.43. The monoisotopic (exact) mass is 434 g/mol. The fourth-order valence-electron chi connectivity index (χ4n) is 7.51. The van der Waals surface area contributed by atoms with Gasteiger partial charge in [0, 0.05) is 29.6 Å². The summed E-state index contributed by atoms with van der Waals surface area (Å²) in [4.78, 5) is 25.1. The summed E-state index contributed by atoms with van der Waals surface area (Å²) < 4.78 is 14.7. The van der Waals surface area contributed by atoms with Crippen LogP contribution in [-0.4, -0.2) is 64.5 Å². The Bertz CT molecular complexity index is 909. The van der Waals surface area contributed by atoms with E-state index in [1.54, 1.807) is 5.57 Å². The molecule has 1 saturated carbocycles. The van der Waals surface area contributed by atoms with Crippen molar-refractivity contribution in [2.75, 3.05) is 24.6 Å². The predicted octanol–water partition coefficient (Wildman–Crippen LogP) is 0.628. The van der Waals surface area contributed by atoms with Crippen LogP contribution in [0.3, 0.4) is 0 Å². The molecule has 6 aliphatic rings. The van der Waals surface area contributed by atoms with Crippen LogP contribution >= 0.6 is 8.69 Å². The lowest BCUT2D eigenvalue weighted by atomic mass is 9.53. The zero-order valence-corrected chi connectivity index (χ0v) is 17.4. The van der Waals surface area contributed by atoms with Gasteiger partial charge in [0.1, 0.15) is 0 Å². The molecule has 6 atom stereocenters. The van der Waals surface area contributed by atoms with Crippen molar-refractivity contribution in [2.24, 2.45) is 11.8 Å². The van der Waals surface area contributed by atoms with Gasteiger partial charge in [-0.1, -0.05) is 29.8 Å². The van der Waals surface area contributed by atoms with Crippen molar-refractivity contribution in [1.82, 2.24) is 4.90 Å². The molecule has 1 aliphatic carbocycles. The maximum Gasteiger partial charge on any atom is 0.324 e. The normalized spacial score (nSPS) is 39.0. The second-order valence-electron chi connectivity index (χ2n) is 8.86. The van der Waals surface area contributed by atoms with Gasteiger partial charge < -0.3 is 25.5 Å². The molecule has 1 aromatic carbocycles. The van der Waals surface area contributed by atoms with E-state index < -0.39 is 8.69 Å². The third-order valence-electron chi connectivity index (χ3n) is 8.22. The Kier molecular flexibility index (Phi) is 5.37. The molecule has 8 nitrogen and oxygen atoms in total. The fourth-order valence-corrected chi connectivity index (χ4v) is 7.51. The van der Waals surface area contributed by atoms with E-state index in [-0.39, 0.29) is 28.4 Å². The highest BCUT2D eigenvalue weighted by Crippen LogP contribution is 2.65. The van der Waals surface area contributed by atoms with Gasteiger partial charge in [0.05, 0.1) is 25.2 Å². The van der Waals surface area contributed by atoms with E-state index in [4.69, 9.17) is 14.2 Å². The Labute approximate surface area is 176 Å². The van der Waals surface area contributed by atoms with E-state index in [1.165, 1.54) is 30.6 Å². The van der Waals surface area contributed by atoms with E-state index in [9.17, 15) is 4.79 Å². The minimum atomic E-state index is -0.833. The molecule has 5 aliphatic heterocycles. The number of fused-ring (bicyclic) bond motifs is 2. The predicted molar refractivity (Wildman–Crippen MR) is 110 cm³/mol. The van der Waals surface area contributed by atoms with E-state index >= 15 is 0 Å². The Hall–Kier alpha value is -1.67. The molecule has 1 spiro atoms. The standard InChI is InChI=1S/C21H22N2O2.HO2P.2H2O/c24-18-10-16-19-13-9-17-21(6-7-22(17)11-12(13)5-8-25-16)14-3-1-2-4-15(14)23(18)20(19)21;1-3-2;;/h1-5,13,16-17,19-20H,6-11H2;(H,1,2);2*1H2/t13-,16-,17-,19-,20-,21+;;;/m0.../s1. The SMILES string of the molecule is O.O.O=C1C[C@@H]2OCC=C3CN4CC[C@]56c7ccccc7N1[C@H]5[C@H]2[C@H]3C[C@H]46.O=PO. The molecule has 7 rings (SSSR count). The molecule has 4 fully saturated rings. The molecule has 1 aromatic rings. The van der Waals surface area contributed by atoms with Crippen molar-refractivity contribution in [3.63, 3.8) is 0 Å². The van der Waals surface area contributed by atoms with Gasteiger partial charge in [-0.15, -0.1) is 0 Å². The van der Waals surface area contributed by atoms with Gasteiger partial charge in [0.25, 0.3) is 0 Å². The lowest BCUT2D eigenvalue weighted by Gasteiger charge is -2.58. The number of carbonyl (C=O) groups excluding carboxylic acids is 1. The van der Waals surface area contributed by atoms with Gasteiger partial charge in [0.2, 0.25) is 5.91 Å². The Morgan fingerprint density at radius 1 is 1.23 bits per heavy atom. The van der Waals surface area contributed by atoms with Crippen LogP contribution < -0.4 is 4.90 Å². The van der Waals surface area contributed by atoms with Gasteiger partial charge in [-0.3, -0.25) is 9.69 Å². The molecular formula is C21H27N2O6P. The van der Waals surface area contributed by atoms with Crippen LogP contribution in [0.25, 0.3) is 0 Å². The molecule has 9 heteroatoms. The third-order valence-corrected chi connectivity index (χ3v) is 8.22. The van der Waals surface area contributed by atoms with Crippen molar-refractivity contribution in [2.45, 2.75) is 42.9 Å². The molecule has 1 amide bonds. The highest BCUT2D eigenvalue weighted by molar-refractivity contribution is 7.16. The average molecular weight is 434 g/mol. The molecule has 0 unspecified atom stereocenters. The second kappa shape index (κ2) is 7.48. The summed E-state index contributed by atoms with van der Waals surface area (Å²) in [5, 5.41) is 0. The molecule has 5 heterocycles. The minimum Gasteiger partial charge on any atom is -0.412 e. The Morgan fingerprint density at radius 3 is 2.80 bits per heavy atom. The van der Waals surface area contributed by atoms with Crippen molar-refractivity contribution in [1.29, 1.82) is 0 Å². The van der Waals surface area contributed by atoms with E-state index in [2.05, 4.69) is 40.1 Å². The summed E-state index contributed by atoms with van der Waals surface area (Å²) in [5.74, 6) is 1.35. The maximum atomic E-state index is 13.2. The zero-order chi connectivity index (χ0) is 19.0. The summed E-state index contributed by atoms with van der Waals surface area (Å²) >= 11 is 0. The first kappa shape index (κ1) is 21.6. The van der Waals surface area contributed by atoms with E-state index in [1.807, 2.05) is 0 Å².